The quantitative estimate of drug-likeness (QED) is 0.349. The molecule has 1 aliphatic heterocycles. The standard InChI is InChI=1S/C22H31N5O3/c1-16-10-14-30-20(16)21(28)24-11-6-12-25-22(23-2)26-17-9-13-27(15-17)18-7-4-5-8-19(18)29-3/h4-5,7-8,10,14,17H,6,9,11-13,15H2,1-3H3,(H,24,28)(H2,23,25,26). The molecule has 8 heteroatoms. The van der Waals surface area contributed by atoms with Crippen LogP contribution in [0.25, 0.3) is 0 Å². The van der Waals surface area contributed by atoms with E-state index < -0.39 is 0 Å². The zero-order valence-electron chi connectivity index (χ0n) is 17.9. The number of para-hydroxylation sites is 2. The number of benzene rings is 1. The first kappa shape index (κ1) is 21.5. The molecule has 2 heterocycles. The smallest absolute Gasteiger partial charge is 0.287 e. The number of nitrogens with one attached hydrogen (secondary N) is 3. The summed E-state index contributed by atoms with van der Waals surface area (Å²) in [6.07, 6.45) is 3.33. The van der Waals surface area contributed by atoms with E-state index in [1.165, 1.54) is 6.26 Å². The molecule has 0 bridgehead atoms. The summed E-state index contributed by atoms with van der Waals surface area (Å²) >= 11 is 0. The maximum absolute atomic E-state index is 12.0. The molecule has 8 nitrogen and oxygen atoms in total. The van der Waals surface area contributed by atoms with Crippen LogP contribution in [0, 0.1) is 6.92 Å². The number of aliphatic imine (C=N–C) groups is 1. The first-order valence-electron chi connectivity index (χ1n) is 10.3. The molecule has 162 valence electrons. The molecule has 0 aliphatic carbocycles. The molecule has 3 N–H and O–H groups in total. The van der Waals surface area contributed by atoms with Gasteiger partial charge in [0.05, 0.1) is 19.1 Å². The minimum Gasteiger partial charge on any atom is -0.495 e. The van der Waals surface area contributed by atoms with Crippen LogP contribution in [0.5, 0.6) is 5.75 Å². The summed E-state index contributed by atoms with van der Waals surface area (Å²) in [6, 6.07) is 10.2. The van der Waals surface area contributed by atoms with Crippen molar-refractivity contribution >= 4 is 17.6 Å². The predicted molar refractivity (Wildman–Crippen MR) is 119 cm³/mol. The first-order chi connectivity index (χ1) is 14.6. The Morgan fingerprint density at radius 3 is 2.80 bits per heavy atom. The maximum atomic E-state index is 12.0. The molecule has 0 saturated carbocycles. The van der Waals surface area contributed by atoms with Crippen LogP contribution < -0.4 is 25.6 Å². The molecular formula is C22H31N5O3. The molecule has 1 atom stereocenters. The van der Waals surface area contributed by atoms with E-state index >= 15 is 0 Å². The Bertz CT molecular complexity index is 864. The molecule has 1 amide bonds. The zero-order chi connectivity index (χ0) is 21.3. The van der Waals surface area contributed by atoms with Crippen LogP contribution in [0.15, 0.2) is 46.0 Å². The van der Waals surface area contributed by atoms with Gasteiger partial charge in [-0.05, 0) is 38.0 Å². The number of carbonyl (C=O) groups is 1. The Morgan fingerprint density at radius 1 is 1.27 bits per heavy atom. The summed E-state index contributed by atoms with van der Waals surface area (Å²) < 4.78 is 10.7. The van der Waals surface area contributed by atoms with E-state index in [9.17, 15) is 4.79 Å². The minimum atomic E-state index is -0.178. The molecule has 0 spiro atoms. The Morgan fingerprint density at radius 2 is 2.07 bits per heavy atom. The lowest BCUT2D eigenvalue weighted by molar-refractivity contribution is 0.0925. The maximum Gasteiger partial charge on any atom is 0.287 e. The van der Waals surface area contributed by atoms with Gasteiger partial charge in [-0.3, -0.25) is 9.79 Å². The molecule has 1 aromatic carbocycles. The van der Waals surface area contributed by atoms with Gasteiger partial charge in [0.25, 0.3) is 5.91 Å². The summed E-state index contributed by atoms with van der Waals surface area (Å²) in [6.45, 7) is 4.98. The van der Waals surface area contributed by atoms with Crippen LogP contribution in [0.1, 0.15) is 29.0 Å². The van der Waals surface area contributed by atoms with Gasteiger partial charge in [-0.15, -0.1) is 0 Å². The highest BCUT2D eigenvalue weighted by atomic mass is 16.5. The van der Waals surface area contributed by atoms with Crippen molar-refractivity contribution in [2.45, 2.75) is 25.8 Å². The Kier molecular flexibility index (Phi) is 7.59. The van der Waals surface area contributed by atoms with E-state index in [2.05, 4.69) is 31.9 Å². The van der Waals surface area contributed by atoms with Crippen LogP contribution in [-0.2, 0) is 0 Å². The van der Waals surface area contributed by atoms with E-state index in [1.807, 2.05) is 25.1 Å². The SMILES string of the molecule is CN=C(NCCCNC(=O)c1occc1C)NC1CCN(c2ccccc2OC)C1. The number of anilines is 1. The molecule has 0 radical (unpaired) electrons. The van der Waals surface area contributed by atoms with Gasteiger partial charge in [-0.2, -0.15) is 0 Å². The number of hydrogen-bond acceptors (Lipinski definition) is 5. The van der Waals surface area contributed by atoms with Crippen molar-refractivity contribution in [1.82, 2.24) is 16.0 Å². The van der Waals surface area contributed by atoms with Gasteiger partial charge < -0.3 is 30.0 Å². The van der Waals surface area contributed by atoms with E-state index in [-0.39, 0.29) is 5.91 Å². The fourth-order valence-electron chi connectivity index (χ4n) is 3.56. The van der Waals surface area contributed by atoms with Crippen molar-refractivity contribution in [2.24, 2.45) is 4.99 Å². The summed E-state index contributed by atoms with van der Waals surface area (Å²) in [5.74, 6) is 1.87. The van der Waals surface area contributed by atoms with Gasteiger partial charge in [0.2, 0.25) is 0 Å². The average Bonchev–Trinajstić information content (AvgIpc) is 3.41. The molecule has 2 aromatic rings. The molecular weight excluding hydrogens is 382 g/mol. The number of nitrogens with zero attached hydrogens (tertiary/aromatic N) is 2. The average molecular weight is 414 g/mol. The third-order valence-electron chi connectivity index (χ3n) is 5.18. The largest absolute Gasteiger partial charge is 0.495 e. The van der Waals surface area contributed by atoms with Crippen molar-refractivity contribution in [3.05, 3.63) is 47.9 Å². The van der Waals surface area contributed by atoms with Crippen molar-refractivity contribution in [2.75, 3.05) is 45.2 Å². The van der Waals surface area contributed by atoms with Crippen molar-refractivity contribution in [3.8, 4) is 5.75 Å². The second kappa shape index (κ2) is 10.6. The second-order valence-electron chi connectivity index (χ2n) is 7.29. The highest BCUT2D eigenvalue weighted by Crippen LogP contribution is 2.30. The monoisotopic (exact) mass is 413 g/mol. The number of furan rings is 1. The van der Waals surface area contributed by atoms with Gasteiger partial charge in [0.1, 0.15) is 5.75 Å². The van der Waals surface area contributed by atoms with Gasteiger partial charge >= 0.3 is 0 Å². The van der Waals surface area contributed by atoms with Crippen LogP contribution in [0.3, 0.4) is 0 Å². The van der Waals surface area contributed by atoms with Crippen molar-refractivity contribution < 1.29 is 13.9 Å². The third kappa shape index (κ3) is 5.46. The molecule has 1 aromatic heterocycles. The molecule has 1 unspecified atom stereocenters. The third-order valence-corrected chi connectivity index (χ3v) is 5.18. The van der Waals surface area contributed by atoms with Gasteiger partial charge in [0.15, 0.2) is 11.7 Å². The summed E-state index contributed by atoms with van der Waals surface area (Å²) in [5.41, 5.74) is 1.96. The lowest BCUT2D eigenvalue weighted by atomic mass is 10.2. The van der Waals surface area contributed by atoms with Crippen LogP contribution in [-0.4, -0.2) is 58.2 Å². The fourth-order valence-corrected chi connectivity index (χ4v) is 3.56. The topological polar surface area (TPSA) is 91.1 Å². The molecule has 1 saturated heterocycles. The van der Waals surface area contributed by atoms with Gasteiger partial charge in [0, 0.05) is 44.8 Å². The predicted octanol–water partition coefficient (Wildman–Crippen LogP) is 2.16. The molecule has 1 aliphatic rings. The van der Waals surface area contributed by atoms with Crippen LogP contribution >= 0.6 is 0 Å². The number of ether oxygens (including phenoxy) is 1. The molecule has 1 fully saturated rings. The number of hydrogen-bond donors (Lipinski definition) is 3. The van der Waals surface area contributed by atoms with E-state index in [4.69, 9.17) is 9.15 Å². The van der Waals surface area contributed by atoms with Crippen molar-refractivity contribution in [3.63, 3.8) is 0 Å². The lowest BCUT2D eigenvalue weighted by Gasteiger charge is -2.22. The highest BCUT2D eigenvalue weighted by molar-refractivity contribution is 5.92. The number of guanidine groups is 1. The van der Waals surface area contributed by atoms with Crippen LogP contribution in [0.4, 0.5) is 5.69 Å². The summed E-state index contributed by atoms with van der Waals surface area (Å²) in [5, 5.41) is 9.67. The van der Waals surface area contributed by atoms with Gasteiger partial charge in [-0.25, -0.2) is 0 Å². The normalized spacial score (nSPS) is 16.4. The molecule has 30 heavy (non-hydrogen) atoms. The van der Waals surface area contributed by atoms with E-state index in [0.717, 1.165) is 48.9 Å². The number of carbonyl (C=O) groups excluding carboxylic acids is 1. The lowest BCUT2D eigenvalue weighted by Crippen LogP contribution is -2.45. The van der Waals surface area contributed by atoms with Gasteiger partial charge in [-0.1, -0.05) is 12.1 Å². The minimum absolute atomic E-state index is 0.178. The van der Waals surface area contributed by atoms with E-state index in [1.54, 1.807) is 20.2 Å². The Hall–Kier alpha value is -3.16. The second-order valence-corrected chi connectivity index (χ2v) is 7.29. The number of rotatable bonds is 8. The van der Waals surface area contributed by atoms with Crippen LogP contribution in [0.2, 0.25) is 0 Å². The first-order valence-corrected chi connectivity index (χ1v) is 10.3. The highest BCUT2D eigenvalue weighted by Gasteiger charge is 2.25. The summed E-state index contributed by atoms with van der Waals surface area (Å²) in [7, 11) is 3.47. The molecule has 3 rings (SSSR count). The zero-order valence-corrected chi connectivity index (χ0v) is 17.9. The number of amides is 1. The Balaban J connectivity index is 1.38. The van der Waals surface area contributed by atoms with Crippen molar-refractivity contribution in [1.29, 1.82) is 0 Å². The fraction of sp³-hybridized carbons (Fsp3) is 0.455. The number of aryl methyl sites for hydroxylation is 1. The number of methoxy groups -OCH3 is 1. The Labute approximate surface area is 177 Å². The summed E-state index contributed by atoms with van der Waals surface area (Å²) in [4.78, 5) is 18.7. The van der Waals surface area contributed by atoms with E-state index in [0.29, 0.717) is 24.9 Å².